The number of thiophene rings is 1. The number of halogens is 1. The lowest BCUT2D eigenvalue weighted by Crippen LogP contribution is -2.09. The molecular weight excluding hydrogens is 615 g/mol. The number of ether oxygens (including phenoxy) is 4. The fourth-order valence-electron chi connectivity index (χ4n) is 3.30. The molecule has 14 heteroatoms. The van der Waals surface area contributed by atoms with E-state index in [0.717, 1.165) is 23.5 Å². The zero-order valence-corrected chi connectivity index (χ0v) is 25.1. The van der Waals surface area contributed by atoms with Gasteiger partial charge >= 0.3 is 11.9 Å². The molecule has 0 unspecified atom stereocenters. The standard InChI is InChI=1S/C32H27FN6O6S/c1-3-30(40)43-18-17-42-27-15-13-26(14-16-27)37-36-23-7-5-22(6-8-23)34-35-24-9-11-25(12-10-24)38-39-29-21-28(33)32(46-29)45-20-19-44-31(41)4-2/h3-16,21H,1-2,17-20H2. The van der Waals surface area contributed by atoms with Crippen molar-refractivity contribution in [2.45, 2.75) is 0 Å². The van der Waals surface area contributed by atoms with Crippen molar-refractivity contribution < 1.29 is 32.9 Å². The third-order valence-electron chi connectivity index (χ3n) is 5.50. The summed E-state index contributed by atoms with van der Waals surface area (Å²) < 4.78 is 34.5. The van der Waals surface area contributed by atoms with Crippen LogP contribution in [0.5, 0.6) is 10.8 Å². The van der Waals surface area contributed by atoms with Gasteiger partial charge < -0.3 is 18.9 Å². The van der Waals surface area contributed by atoms with Gasteiger partial charge in [-0.15, -0.1) is 10.2 Å². The summed E-state index contributed by atoms with van der Waals surface area (Å²) in [4.78, 5) is 22.1. The van der Waals surface area contributed by atoms with E-state index >= 15 is 0 Å². The average molecular weight is 643 g/mol. The number of rotatable bonds is 16. The van der Waals surface area contributed by atoms with Crippen LogP contribution in [0.1, 0.15) is 0 Å². The molecule has 1 aromatic heterocycles. The zero-order valence-electron chi connectivity index (χ0n) is 24.3. The van der Waals surface area contributed by atoms with Gasteiger partial charge in [-0.1, -0.05) is 24.5 Å². The fourth-order valence-corrected chi connectivity index (χ4v) is 4.04. The third kappa shape index (κ3) is 11.0. The number of hydrogen-bond donors (Lipinski definition) is 0. The van der Waals surface area contributed by atoms with Crippen molar-refractivity contribution in [3.63, 3.8) is 0 Å². The lowest BCUT2D eigenvalue weighted by atomic mass is 10.3. The Kier molecular flexibility index (Phi) is 12.5. The van der Waals surface area contributed by atoms with Gasteiger partial charge in [0.1, 0.15) is 37.2 Å². The highest BCUT2D eigenvalue weighted by molar-refractivity contribution is 7.17. The van der Waals surface area contributed by atoms with Gasteiger partial charge in [0.2, 0.25) is 5.06 Å². The van der Waals surface area contributed by atoms with E-state index in [0.29, 0.717) is 39.2 Å². The smallest absolute Gasteiger partial charge is 0.330 e. The molecule has 0 radical (unpaired) electrons. The van der Waals surface area contributed by atoms with Crippen molar-refractivity contribution >= 4 is 56.7 Å². The van der Waals surface area contributed by atoms with E-state index in [1.165, 1.54) is 6.07 Å². The van der Waals surface area contributed by atoms with E-state index in [2.05, 4.69) is 43.8 Å². The van der Waals surface area contributed by atoms with Crippen molar-refractivity contribution in [1.29, 1.82) is 0 Å². The number of esters is 2. The van der Waals surface area contributed by atoms with Crippen molar-refractivity contribution in [3.05, 3.63) is 110 Å². The summed E-state index contributed by atoms with van der Waals surface area (Å²) in [5.74, 6) is -1.05. The molecule has 0 aliphatic heterocycles. The second-order valence-corrected chi connectivity index (χ2v) is 9.78. The molecule has 12 nitrogen and oxygen atoms in total. The number of carbonyl (C=O) groups excluding carboxylic acids is 2. The van der Waals surface area contributed by atoms with Crippen LogP contribution in [0.25, 0.3) is 0 Å². The first-order valence-corrected chi connectivity index (χ1v) is 14.4. The second kappa shape index (κ2) is 17.4. The van der Waals surface area contributed by atoms with Crippen molar-refractivity contribution in [3.8, 4) is 10.8 Å². The van der Waals surface area contributed by atoms with Gasteiger partial charge in [-0.3, -0.25) is 0 Å². The van der Waals surface area contributed by atoms with Crippen molar-refractivity contribution in [2.75, 3.05) is 26.4 Å². The first kappa shape index (κ1) is 33.0. The lowest BCUT2D eigenvalue weighted by molar-refractivity contribution is -0.139. The molecule has 0 amide bonds. The highest BCUT2D eigenvalue weighted by Gasteiger charge is 2.10. The van der Waals surface area contributed by atoms with Crippen LogP contribution >= 0.6 is 11.3 Å². The summed E-state index contributed by atoms with van der Waals surface area (Å²) in [6.07, 6.45) is 2.13. The molecule has 0 fully saturated rings. The molecule has 234 valence electrons. The Morgan fingerprint density at radius 3 is 1.43 bits per heavy atom. The molecule has 3 aromatic carbocycles. The lowest BCUT2D eigenvalue weighted by Gasteiger charge is -2.06. The molecule has 4 rings (SSSR count). The molecule has 0 atom stereocenters. The van der Waals surface area contributed by atoms with E-state index in [4.69, 9.17) is 18.9 Å². The molecule has 0 spiro atoms. The van der Waals surface area contributed by atoms with Crippen LogP contribution in [0, 0.1) is 5.82 Å². The Bertz CT molecular complexity index is 1720. The normalized spacial score (nSPS) is 11.2. The minimum atomic E-state index is -0.582. The Morgan fingerprint density at radius 1 is 0.609 bits per heavy atom. The van der Waals surface area contributed by atoms with Crippen LogP contribution in [-0.4, -0.2) is 38.4 Å². The third-order valence-corrected chi connectivity index (χ3v) is 6.40. The molecule has 1 heterocycles. The van der Waals surface area contributed by atoms with Crippen LogP contribution in [0.4, 0.5) is 37.8 Å². The monoisotopic (exact) mass is 642 g/mol. The molecule has 0 aliphatic rings. The molecule has 0 aliphatic carbocycles. The van der Waals surface area contributed by atoms with Gasteiger partial charge in [0, 0.05) is 18.2 Å². The molecule has 0 saturated heterocycles. The summed E-state index contributed by atoms with van der Waals surface area (Å²) in [7, 11) is 0. The van der Waals surface area contributed by atoms with Gasteiger partial charge in [-0.2, -0.15) is 20.5 Å². The van der Waals surface area contributed by atoms with Crippen LogP contribution in [0.15, 0.2) is 135 Å². The Morgan fingerprint density at radius 2 is 1.00 bits per heavy atom. The first-order chi connectivity index (χ1) is 22.4. The quantitative estimate of drug-likeness (QED) is 0.0515. The van der Waals surface area contributed by atoms with Crippen LogP contribution in [0.3, 0.4) is 0 Å². The average Bonchev–Trinajstić information content (AvgIpc) is 3.45. The maximum atomic E-state index is 14.1. The van der Waals surface area contributed by atoms with Crippen LogP contribution in [-0.2, 0) is 19.1 Å². The predicted molar refractivity (Wildman–Crippen MR) is 169 cm³/mol. The van der Waals surface area contributed by atoms with Crippen molar-refractivity contribution in [1.82, 2.24) is 0 Å². The summed E-state index contributed by atoms with van der Waals surface area (Å²) in [5, 5.41) is 25.4. The molecular formula is C32H27FN6O6S. The minimum Gasteiger partial charge on any atom is -0.490 e. The molecule has 4 aromatic rings. The number of azo groups is 3. The molecule has 0 N–H and O–H groups in total. The minimum absolute atomic E-state index is 0.00750. The Balaban J connectivity index is 1.23. The van der Waals surface area contributed by atoms with E-state index < -0.39 is 17.8 Å². The number of hydrogen-bond acceptors (Lipinski definition) is 13. The summed E-state index contributed by atoms with van der Waals surface area (Å²) >= 11 is 0.977. The summed E-state index contributed by atoms with van der Waals surface area (Å²) in [5.41, 5.74) is 3.04. The molecule has 46 heavy (non-hydrogen) atoms. The molecule has 0 saturated carbocycles. The van der Waals surface area contributed by atoms with Crippen molar-refractivity contribution in [2.24, 2.45) is 30.7 Å². The Hall–Kier alpha value is -5.89. The summed E-state index contributed by atoms with van der Waals surface area (Å²) in [6, 6.07) is 22.1. The predicted octanol–water partition coefficient (Wildman–Crippen LogP) is 9.35. The van der Waals surface area contributed by atoms with Gasteiger partial charge in [-0.05, 0) is 72.8 Å². The zero-order chi connectivity index (χ0) is 32.6. The first-order valence-electron chi connectivity index (χ1n) is 13.6. The van der Waals surface area contributed by atoms with Gasteiger partial charge in [0.05, 0.1) is 28.4 Å². The molecule has 0 bridgehead atoms. The van der Waals surface area contributed by atoms with E-state index in [1.54, 1.807) is 72.8 Å². The Labute approximate surface area is 267 Å². The van der Waals surface area contributed by atoms with E-state index in [9.17, 15) is 14.0 Å². The summed E-state index contributed by atoms with van der Waals surface area (Å²) in [6.45, 7) is 6.93. The van der Waals surface area contributed by atoms with Gasteiger partial charge in [0.15, 0.2) is 5.82 Å². The number of benzene rings is 3. The topological polar surface area (TPSA) is 145 Å². The van der Waals surface area contributed by atoms with E-state index in [1.807, 2.05) is 0 Å². The van der Waals surface area contributed by atoms with Gasteiger partial charge in [-0.25, -0.2) is 14.0 Å². The second-order valence-electron chi connectivity index (χ2n) is 8.79. The fraction of sp³-hybridized carbons (Fsp3) is 0.125. The maximum Gasteiger partial charge on any atom is 0.330 e. The maximum absolute atomic E-state index is 14.1. The van der Waals surface area contributed by atoms with E-state index in [-0.39, 0.29) is 31.5 Å². The highest BCUT2D eigenvalue weighted by Crippen LogP contribution is 2.36. The highest BCUT2D eigenvalue weighted by atomic mass is 32.1. The van der Waals surface area contributed by atoms with Crippen LogP contribution < -0.4 is 9.47 Å². The number of nitrogens with zero attached hydrogens (tertiary/aromatic N) is 6. The largest absolute Gasteiger partial charge is 0.490 e. The van der Waals surface area contributed by atoms with Crippen LogP contribution in [0.2, 0.25) is 0 Å². The SMILES string of the molecule is C=CC(=O)OCCOc1ccc(N=Nc2ccc(N=Nc3ccc(N=Nc4cc(F)c(OCCOC(=O)C=C)s4)cc3)cc2)cc1. The number of carbonyl (C=O) groups is 2. The van der Waals surface area contributed by atoms with Gasteiger partial charge in [0.25, 0.3) is 0 Å².